The molecule has 1 aromatic heterocycles. The zero-order chi connectivity index (χ0) is 16.0. The summed E-state index contributed by atoms with van der Waals surface area (Å²) in [5, 5.41) is 21.9. The van der Waals surface area contributed by atoms with Gasteiger partial charge >= 0.3 is 0 Å². The molecule has 4 rings (SSSR count). The maximum absolute atomic E-state index is 12.1. The number of nitrogens with zero attached hydrogens (tertiary/aromatic N) is 1. The van der Waals surface area contributed by atoms with Crippen molar-refractivity contribution in [1.82, 2.24) is 0 Å². The SMILES string of the molecule is O=[N+]([O-])[C@@]12CO[C@@H](O)C[C@@H]1c1ccccc1OC2c1ccco1. The van der Waals surface area contributed by atoms with E-state index < -0.39 is 23.9 Å². The Kier molecular flexibility index (Phi) is 3.14. The van der Waals surface area contributed by atoms with Crippen molar-refractivity contribution in [3.05, 3.63) is 64.1 Å². The van der Waals surface area contributed by atoms with Crippen LogP contribution in [0, 0.1) is 10.1 Å². The van der Waals surface area contributed by atoms with Crippen LogP contribution >= 0.6 is 0 Å². The van der Waals surface area contributed by atoms with Gasteiger partial charge in [-0.15, -0.1) is 0 Å². The van der Waals surface area contributed by atoms with E-state index >= 15 is 0 Å². The van der Waals surface area contributed by atoms with Gasteiger partial charge in [-0.25, -0.2) is 0 Å². The molecule has 0 saturated carbocycles. The number of aliphatic hydroxyl groups excluding tert-OH is 1. The molecular formula is C16H15NO6. The van der Waals surface area contributed by atoms with Crippen molar-refractivity contribution in [2.75, 3.05) is 6.61 Å². The normalized spacial score (nSPS) is 32.5. The second kappa shape index (κ2) is 5.07. The minimum atomic E-state index is -1.54. The van der Waals surface area contributed by atoms with Gasteiger partial charge in [-0.1, -0.05) is 18.2 Å². The van der Waals surface area contributed by atoms with Crippen LogP contribution in [0.2, 0.25) is 0 Å². The van der Waals surface area contributed by atoms with E-state index in [1.165, 1.54) is 6.26 Å². The highest BCUT2D eigenvalue weighted by atomic mass is 16.7. The fraction of sp³-hybridized carbons (Fsp3) is 0.375. The van der Waals surface area contributed by atoms with Gasteiger partial charge < -0.3 is 19.0 Å². The smallest absolute Gasteiger partial charge is 0.295 e. The zero-order valence-corrected chi connectivity index (χ0v) is 12.1. The topological polar surface area (TPSA) is 95.0 Å². The van der Waals surface area contributed by atoms with Crippen LogP contribution in [0.4, 0.5) is 0 Å². The Hall–Kier alpha value is -2.38. The van der Waals surface area contributed by atoms with Crippen LogP contribution in [0.5, 0.6) is 5.75 Å². The molecule has 2 aliphatic rings. The van der Waals surface area contributed by atoms with Crippen molar-refractivity contribution in [1.29, 1.82) is 0 Å². The highest BCUT2D eigenvalue weighted by molar-refractivity contribution is 5.42. The fourth-order valence-electron chi connectivity index (χ4n) is 3.58. The number of para-hydroxylation sites is 1. The lowest BCUT2D eigenvalue weighted by Gasteiger charge is -2.45. The molecule has 1 saturated heterocycles. The minimum Gasteiger partial charge on any atom is -0.474 e. The third kappa shape index (κ3) is 1.97. The third-order valence-corrected chi connectivity index (χ3v) is 4.68. The monoisotopic (exact) mass is 317 g/mol. The van der Waals surface area contributed by atoms with Crippen LogP contribution in [0.25, 0.3) is 0 Å². The number of ether oxygens (including phenoxy) is 2. The van der Waals surface area contributed by atoms with E-state index in [2.05, 4.69) is 0 Å². The lowest BCUT2D eigenvalue weighted by molar-refractivity contribution is -0.603. The first-order chi connectivity index (χ1) is 11.1. The highest BCUT2D eigenvalue weighted by Gasteiger charge is 2.66. The Morgan fingerprint density at radius 2 is 2.09 bits per heavy atom. The van der Waals surface area contributed by atoms with Crippen molar-refractivity contribution < 1.29 is 23.9 Å². The molecule has 23 heavy (non-hydrogen) atoms. The standard InChI is InChI=1S/C16H15NO6/c18-14-8-11-10-4-1-2-5-12(10)23-15(13-6-3-7-21-13)16(11,9-22-14)17(19)20/h1-7,11,14-15,18H,8-9H2/t11-,14-,15?,16+/m1/s1. The molecule has 4 atom stereocenters. The molecule has 0 spiro atoms. The molecule has 0 radical (unpaired) electrons. The average molecular weight is 317 g/mol. The van der Waals surface area contributed by atoms with E-state index in [0.29, 0.717) is 17.1 Å². The Balaban J connectivity index is 1.92. The summed E-state index contributed by atoms with van der Waals surface area (Å²) in [6, 6.07) is 10.5. The highest BCUT2D eigenvalue weighted by Crippen LogP contribution is 2.54. The molecule has 0 aliphatic carbocycles. The lowest BCUT2D eigenvalue weighted by Crippen LogP contribution is -2.60. The Morgan fingerprint density at radius 1 is 1.26 bits per heavy atom. The third-order valence-electron chi connectivity index (χ3n) is 4.68. The molecule has 0 bridgehead atoms. The number of fused-ring (bicyclic) bond motifs is 3. The Bertz CT molecular complexity index is 730. The second-order valence-corrected chi connectivity index (χ2v) is 5.85. The minimum absolute atomic E-state index is 0.137. The zero-order valence-electron chi connectivity index (χ0n) is 12.1. The first-order valence-electron chi connectivity index (χ1n) is 7.36. The average Bonchev–Trinajstić information content (AvgIpc) is 3.08. The molecule has 1 unspecified atom stereocenters. The molecule has 0 amide bonds. The van der Waals surface area contributed by atoms with E-state index in [-0.39, 0.29) is 18.0 Å². The number of nitro groups is 1. The van der Waals surface area contributed by atoms with Crippen LogP contribution in [0.3, 0.4) is 0 Å². The quantitative estimate of drug-likeness (QED) is 0.674. The van der Waals surface area contributed by atoms with E-state index in [4.69, 9.17) is 13.9 Å². The van der Waals surface area contributed by atoms with Crippen LogP contribution in [-0.4, -0.2) is 28.5 Å². The fourth-order valence-corrected chi connectivity index (χ4v) is 3.58. The molecule has 7 heteroatoms. The van der Waals surface area contributed by atoms with Gasteiger partial charge in [0.15, 0.2) is 12.1 Å². The van der Waals surface area contributed by atoms with Crippen molar-refractivity contribution >= 4 is 0 Å². The van der Waals surface area contributed by atoms with Gasteiger partial charge in [-0.3, -0.25) is 10.1 Å². The van der Waals surface area contributed by atoms with Crippen LogP contribution in [-0.2, 0) is 4.74 Å². The number of furan rings is 1. The number of rotatable bonds is 2. The van der Waals surface area contributed by atoms with Crippen molar-refractivity contribution in [3.8, 4) is 5.75 Å². The van der Waals surface area contributed by atoms with E-state index in [0.717, 1.165) is 0 Å². The van der Waals surface area contributed by atoms with Crippen LogP contribution < -0.4 is 4.74 Å². The predicted octanol–water partition coefficient (Wildman–Crippen LogP) is 2.25. The van der Waals surface area contributed by atoms with E-state index in [1.807, 2.05) is 12.1 Å². The number of hydrogen-bond acceptors (Lipinski definition) is 6. The summed E-state index contributed by atoms with van der Waals surface area (Å²) in [6.07, 6.45) is -0.352. The van der Waals surface area contributed by atoms with E-state index in [1.54, 1.807) is 24.3 Å². The number of hydrogen-bond donors (Lipinski definition) is 1. The van der Waals surface area contributed by atoms with Crippen LogP contribution in [0.15, 0.2) is 47.1 Å². The van der Waals surface area contributed by atoms with Gasteiger partial charge in [0.05, 0.1) is 12.2 Å². The lowest BCUT2D eigenvalue weighted by atomic mass is 9.70. The van der Waals surface area contributed by atoms with Crippen molar-refractivity contribution in [3.63, 3.8) is 0 Å². The molecule has 1 aromatic carbocycles. The predicted molar refractivity (Wildman–Crippen MR) is 77.6 cm³/mol. The van der Waals surface area contributed by atoms with Gasteiger partial charge in [0.2, 0.25) is 6.10 Å². The van der Waals surface area contributed by atoms with Gasteiger partial charge in [0, 0.05) is 16.9 Å². The molecule has 1 N–H and O–H groups in total. The summed E-state index contributed by atoms with van der Waals surface area (Å²) >= 11 is 0. The molecule has 120 valence electrons. The number of benzene rings is 1. The summed E-state index contributed by atoms with van der Waals surface area (Å²) in [5.41, 5.74) is -0.819. The van der Waals surface area contributed by atoms with Gasteiger partial charge in [-0.2, -0.15) is 0 Å². The van der Waals surface area contributed by atoms with E-state index in [9.17, 15) is 15.2 Å². The molecule has 7 nitrogen and oxygen atoms in total. The largest absolute Gasteiger partial charge is 0.474 e. The van der Waals surface area contributed by atoms with Crippen molar-refractivity contribution in [2.24, 2.45) is 0 Å². The molecule has 2 aromatic rings. The summed E-state index contributed by atoms with van der Waals surface area (Å²) in [4.78, 5) is 11.7. The number of aliphatic hydroxyl groups is 1. The Morgan fingerprint density at radius 3 is 2.83 bits per heavy atom. The molecular weight excluding hydrogens is 302 g/mol. The maximum Gasteiger partial charge on any atom is 0.295 e. The summed E-state index contributed by atoms with van der Waals surface area (Å²) < 4.78 is 16.6. The summed E-state index contributed by atoms with van der Waals surface area (Å²) in [5.74, 6) is 0.424. The van der Waals surface area contributed by atoms with Crippen LogP contribution in [0.1, 0.15) is 29.8 Å². The molecule has 3 heterocycles. The summed E-state index contributed by atoms with van der Waals surface area (Å²) in [6.45, 7) is -0.245. The maximum atomic E-state index is 12.1. The van der Waals surface area contributed by atoms with Gasteiger partial charge in [0.25, 0.3) is 5.54 Å². The second-order valence-electron chi connectivity index (χ2n) is 5.85. The Labute approximate surface area is 131 Å². The molecule has 1 fully saturated rings. The van der Waals surface area contributed by atoms with Gasteiger partial charge in [-0.05, 0) is 18.2 Å². The van der Waals surface area contributed by atoms with Gasteiger partial charge in [0.1, 0.15) is 12.4 Å². The first kappa shape index (κ1) is 14.2. The first-order valence-corrected chi connectivity index (χ1v) is 7.36. The summed E-state index contributed by atoms with van der Waals surface area (Å²) in [7, 11) is 0. The van der Waals surface area contributed by atoms with Crippen molar-refractivity contribution in [2.45, 2.75) is 30.3 Å². The molecule has 2 aliphatic heterocycles.